The van der Waals surface area contributed by atoms with Crippen molar-refractivity contribution < 1.29 is 17.9 Å². The van der Waals surface area contributed by atoms with E-state index in [9.17, 15) is 18.4 Å². The Bertz CT molecular complexity index is 1310. The average molecular weight is 425 g/mol. The van der Waals surface area contributed by atoms with Gasteiger partial charge in [-0.25, -0.2) is 4.98 Å². The monoisotopic (exact) mass is 425 g/mol. The first-order chi connectivity index (χ1) is 14.9. The maximum Gasteiger partial charge on any atom is 0.387 e. The summed E-state index contributed by atoms with van der Waals surface area (Å²) in [4.78, 5) is 12.6. The fourth-order valence-electron chi connectivity index (χ4n) is 3.01. The first-order valence-corrected chi connectivity index (χ1v) is 8.90. The Labute approximate surface area is 173 Å². The third kappa shape index (κ3) is 3.91. The van der Waals surface area contributed by atoms with E-state index in [4.69, 9.17) is 5.73 Å². The molecule has 8 nitrogen and oxygen atoms in total. The lowest BCUT2D eigenvalue weighted by molar-refractivity contribution is -0.0498. The van der Waals surface area contributed by atoms with Gasteiger partial charge in [0.2, 0.25) is 11.8 Å². The number of hydrogen-bond donors (Lipinski definition) is 2. The van der Waals surface area contributed by atoms with E-state index in [0.29, 0.717) is 28.1 Å². The smallest absolute Gasteiger partial charge is 0.387 e. The van der Waals surface area contributed by atoms with Crippen molar-refractivity contribution in [3.05, 3.63) is 59.7 Å². The van der Waals surface area contributed by atoms with Crippen LogP contribution in [0, 0.1) is 24.1 Å². The van der Waals surface area contributed by atoms with Crippen molar-refractivity contribution >= 4 is 28.4 Å². The number of ether oxygens (including phenoxy) is 1. The lowest BCUT2D eigenvalue weighted by Crippen LogP contribution is -2.10. The van der Waals surface area contributed by atoms with E-state index in [1.54, 1.807) is 29.7 Å². The van der Waals surface area contributed by atoms with Crippen molar-refractivity contribution in [2.24, 2.45) is 0 Å². The molecule has 0 saturated carbocycles. The van der Waals surface area contributed by atoms with Crippen LogP contribution in [0.25, 0.3) is 17.0 Å². The molecule has 0 aliphatic heterocycles. The molecule has 4 rings (SSSR count). The quantitative estimate of drug-likeness (QED) is 0.495. The summed E-state index contributed by atoms with van der Waals surface area (Å²) < 4.78 is 45.0. The van der Waals surface area contributed by atoms with Crippen molar-refractivity contribution in [3.8, 4) is 17.8 Å². The molecule has 0 aliphatic carbocycles. The number of fused-ring (bicyclic) bond motifs is 1. The molecule has 4 aromatic rings. The number of rotatable bonds is 5. The second kappa shape index (κ2) is 7.83. The van der Waals surface area contributed by atoms with E-state index in [1.165, 1.54) is 24.3 Å². The molecular weight excluding hydrogens is 411 g/mol. The largest absolute Gasteiger partial charge is 0.435 e. The minimum atomic E-state index is -2.95. The van der Waals surface area contributed by atoms with Crippen molar-refractivity contribution in [1.29, 1.82) is 5.26 Å². The minimum absolute atomic E-state index is 0.0438. The highest BCUT2D eigenvalue weighted by Crippen LogP contribution is 2.27. The summed E-state index contributed by atoms with van der Waals surface area (Å²) in [6.07, 6.45) is 0. The number of hydrogen-bond acceptors (Lipinski definition) is 7. The van der Waals surface area contributed by atoms with Gasteiger partial charge >= 0.3 is 6.61 Å². The van der Waals surface area contributed by atoms with Crippen LogP contribution in [0.1, 0.15) is 11.4 Å². The number of imidazole rings is 1. The summed E-state index contributed by atoms with van der Waals surface area (Å²) in [5.41, 5.74) is 7.69. The fourth-order valence-corrected chi connectivity index (χ4v) is 3.01. The zero-order chi connectivity index (χ0) is 22.1. The van der Waals surface area contributed by atoms with Gasteiger partial charge in [-0.2, -0.15) is 28.4 Å². The van der Waals surface area contributed by atoms with Crippen LogP contribution < -0.4 is 15.8 Å². The Morgan fingerprint density at radius 2 is 1.87 bits per heavy atom. The van der Waals surface area contributed by atoms with Crippen LogP contribution in [-0.4, -0.2) is 26.1 Å². The first kappa shape index (κ1) is 20.0. The predicted octanol–water partition coefficient (Wildman–Crippen LogP) is 4.06. The van der Waals surface area contributed by atoms with E-state index in [1.807, 2.05) is 0 Å². The molecule has 0 atom stereocenters. The third-order valence-corrected chi connectivity index (χ3v) is 4.36. The molecule has 0 amide bonds. The fraction of sp³-hybridized carbons (Fsp3) is 0.100. The summed E-state index contributed by atoms with van der Waals surface area (Å²) in [5.74, 6) is -0.982. The molecular formula is C20H14F3N7O. The molecule has 0 fully saturated rings. The van der Waals surface area contributed by atoms with Crippen molar-refractivity contribution in [2.45, 2.75) is 13.5 Å². The number of nitrogen functional groups attached to an aromatic ring is 1. The Hall–Kier alpha value is -4.33. The highest BCUT2D eigenvalue weighted by atomic mass is 19.3. The van der Waals surface area contributed by atoms with Crippen LogP contribution in [0.2, 0.25) is 0 Å². The molecule has 0 radical (unpaired) electrons. The van der Waals surface area contributed by atoms with E-state index >= 15 is 0 Å². The molecule has 11 heteroatoms. The van der Waals surface area contributed by atoms with Crippen LogP contribution in [0.4, 0.5) is 30.5 Å². The highest BCUT2D eigenvalue weighted by Gasteiger charge is 2.18. The number of nitrogens with zero attached hydrogens (tertiary/aromatic N) is 5. The summed E-state index contributed by atoms with van der Waals surface area (Å²) in [6.45, 7) is -1.24. The van der Waals surface area contributed by atoms with Crippen molar-refractivity contribution in [1.82, 2.24) is 19.5 Å². The second-order valence-electron chi connectivity index (χ2n) is 6.41. The average Bonchev–Trinajstić information content (AvgIpc) is 3.07. The van der Waals surface area contributed by atoms with E-state index < -0.39 is 18.2 Å². The third-order valence-electron chi connectivity index (χ3n) is 4.36. The molecule has 2 aromatic heterocycles. The molecule has 3 N–H and O–H groups in total. The van der Waals surface area contributed by atoms with Crippen molar-refractivity contribution in [3.63, 3.8) is 0 Å². The van der Waals surface area contributed by atoms with Gasteiger partial charge in [0, 0.05) is 5.69 Å². The minimum Gasteiger partial charge on any atom is -0.435 e. The van der Waals surface area contributed by atoms with Gasteiger partial charge in [-0.15, -0.1) is 0 Å². The summed E-state index contributed by atoms with van der Waals surface area (Å²) in [6, 6.07) is 12.4. The maximum absolute atomic E-state index is 14.6. The number of halogens is 3. The zero-order valence-electron chi connectivity index (χ0n) is 16.0. The molecule has 156 valence electrons. The van der Waals surface area contributed by atoms with Crippen LogP contribution >= 0.6 is 0 Å². The number of nitrogens with one attached hydrogen (secondary N) is 1. The Morgan fingerprint density at radius 1 is 1.13 bits per heavy atom. The highest BCUT2D eigenvalue weighted by molar-refractivity contribution is 5.79. The van der Waals surface area contributed by atoms with Crippen LogP contribution in [0.15, 0.2) is 42.5 Å². The summed E-state index contributed by atoms with van der Waals surface area (Å²) >= 11 is 0. The molecule has 0 aliphatic rings. The van der Waals surface area contributed by atoms with Gasteiger partial charge < -0.3 is 15.8 Å². The Morgan fingerprint density at radius 3 is 2.55 bits per heavy atom. The van der Waals surface area contributed by atoms with Gasteiger partial charge in [0.25, 0.3) is 0 Å². The van der Waals surface area contributed by atoms with Gasteiger partial charge in [-0.05, 0) is 49.4 Å². The molecule has 0 bridgehead atoms. The first-order valence-electron chi connectivity index (χ1n) is 8.90. The zero-order valence-corrected chi connectivity index (χ0v) is 16.0. The van der Waals surface area contributed by atoms with Gasteiger partial charge in [-0.3, -0.25) is 4.57 Å². The number of aromatic nitrogens is 4. The number of aryl methyl sites for hydroxylation is 1. The Balaban J connectivity index is 1.75. The molecule has 0 spiro atoms. The Kier molecular flexibility index (Phi) is 5.04. The van der Waals surface area contributed by atoms with Gasteiger partial charge in [-0.1, -0.05) is 0 Å². The molecule has 2 heterocycles. The standard InChI is InChI=1S/C20H14F3N7O/c1-10-26-14-7-2-11(9-24)8-15(14)30(10)20-28-17(25)16(21)18(29-20)27-12-3-5-13(6-4-12)31-19(22)23/h2-8,19H,1H3,(H3,25,27,28,29). The van der Waals surface area contributed by atoms with E-state index in [2.05, 4.69) is 31.1 Å². The molecule has 0 unspecified atom stereocenters. The number of nitrogens with two attached hydrogens (primary N) is 1. The van der Waals surface area contributed by atoms with E-state index in [-0.39, 0.29) is 17.5 Å². The van der Waals surface area contributed by atoms with Crippen LogP contribution in [-0.2, 0) is 0 Å². The SMILES string of the molecule is Cc1nc2ccc(C#N)cc2n1-c1nc(N)c(F)c(Nc2ccc(OC(F)F)cc2)n1. The molecule has 0 saturated heterocycles. The number of benzene rings is 2. The molecule has 31 heavy (non-hydrogen) atoms. The van der Waals surface area contributed by atoms with Crippen LogP contribution in [0.5, 0.6) is 5.75 Å². The predicted molar refractivity (Wildman–Crippen MR) is 107 cm³/mol. The lowest BCUT2D eigenvalue weighted by Gasteiger charge is -2.12. The van der Waals surface area contributed by atoms with Gasteiger partial charge in [0.15, 0.2) is 11.6 Å². The van der Waals surface area contributed by atoms with Gasteiger partial charge in [0.1, 0.15) is 11.6 Å². The second-order valence-corrected chi connectivity index (χ2v) is 6.41. The normalized spacial score (nSPS) is 11.0. The molecule has 2 aromatic carbocycles. The lowest BCUT2D eigenvalue weighted by atomic mass is 10.2. The topological polar surface area (TPSA) is 115 Å². The number of nitriles is 1. The summed E-state index contributed by atoms with van der Waals surface area (Å²) in [7, 11) is 0. The van der Waals surface area contributed by atoms with E-state index in [0.717, 1.165) is 0 Å². The van der Waals surface area contributed by atoms with Crippen molar-refractivity contribution in [2.75, 3.05) is 11.1 Å². The maximum atomic E-state index is 14.6. The van der Waals surface area contributed by atoms with Crippen LogP contribution in [0.3, 0.4) is 0 Å². The summed E-state index contributed by atoms with van der Waals surface area (Å²) in [5, 5.41) is 11.9. The number of alkyl halides is 2. The van der Waals surface area contributed by atoms with Gasteiger partial charge in [0.05, 0.1) is 22.7 Å². The number of anilines is 3.